The fraction of sp³-hybridized carbons (Fsp3) is 0.542. The quantitative estimate of drug-likeness (QED) is 0.263. The molecule has 0 aliphatic heterocycles. The molecule has 0 bridgehead atoms. The average Bonchev–Trinajstić information content (AvgIpc) is 2.71. The molecule has 2 nitrogen and oxygen atoms in total. The Balaban J connectivity index is 1.77. The van der Waals surface area contributed by atoms with Crippen molar-refractivity contribution in [1.29, 1.82) is 0 Å². The van der Waals surface area contributed by atoms with E-state index >= 15 is 0 Å². The maximum Gasteiger partial charge on any atom is 0.119 e. The first kappa shape index (κ1) is 21.8. The second kappa shape index (κ2) is 12.8. The van der Waals surface area contributed by atoms with Crippen molar-refractivity contribution in [1.82, 2.24) is 4.98 Å². The molecule has 0 aliphatic carbocycles. The summed E-state index contributed by atoms with van der Waals surface area (Å²) in [5.41, 5.74) is 3.47. The first-order chi connectivity index (χ1) is 13.2. The number of hydrogen-bond acceptors (Lipinski definition) is 2. The summed E-state index contributed by atoms with van der Waals surface area (Å²) in [7, 11) is 0. The van der Waals surface area contributed by atoms with Crippen LogP contribution in [0.4, 0.5) is 0 Å². The number of nitrogens with zero attached hydrogens (tertiary/aromatic N) is 1. The number of aromatic nitrogens is 1. The van der Waals surface area contributed by atoms with E-state index in [1.165, 1.54) is 44.1 Å². The van der Waals surface area contributed by atoms with Gasteiger partial charge < -0.3 is 4.74 Å². The van der Waals surface area contributed by atoms with Gasteiger partial charge in [-0.05, 0) is 61.6 Å². The van der Waals surface area contributed by atoms with Crippen LogP contribution in [-0.4, -0.2) is 17.0 Å². The lowest BCUT2D eigenvalue weighted by Gasteiger charge is -2.09. The highest BCUT2D eigenvalue weighted by Gasteiger charge is 2.04. The SMILES string of the molecule is CCCCCCCCc1ccc(-c2ccc(OCCC(Cl)CC)cc2)nc1. The molecule has 0 fully saturated rings. The molecule has 1 aromatic carbocycles. The van der Waals surface area contributed by atoms with Crippen molar-refractivity contribution in [2.24, 2.45) is 0 Å². The molecule has 0 N–H and O–H groups in total. The minimum Gasteiger partial charge on any atom is -0.494 e. The van der Waals surface area contributed by atoms with E-state index < -0.39 is 0 Å². The number of benzene rings is 1. The van der Waals surface area contributed by atoms with Crippen molar-refractivity contribution < 1.29 is 4.74 Å². The Labute approximate surface area is 170 Å². The third kappa shape index (κ3) is 8.34. The molecule has 0 saturated carbocycles. The fourth-order valence-corrected chi connectivity index (χ4v) is 3.17. The molecule has 0 aliphatic rings. The highest BCUT2D eigenvalue weighted by molar-refractivity contribution is 6.20. The summed E-state index contributed by atoms with van der Waals surface area (Å²) in [6, 6.07) is 12.5. The topological polar surface area (TPSA) is 22.1 Å². The smallest absolute Gasteiger partial charge is 0.119 e. The van der Waals surface area contributed by atoms with Crippen LogP contribution in [0.3, 0.4) is 0 Å². The van der Waals surface area contributed by atoms with E-state index in [4.69, 9.17) is 16.3 Å². The zero-order chi connectivity index (χ0) is 19.3. The Hall–Kier alpha value is -1.54. The van der Waals surface area contributed by atoms with Crippen molar-refractivity contribution in [2.75, 3.05) is 6.61 Å². The van der Waals surface area contributed by atoms with Crippen LogP contribution in [0.15, 0.2) is 42.6 Å². The average molecular weight is 388 g/mol. The minimum absolute atomic E-state index is 0.198. The molecule has 2 rings (SSSR count). The van der Waals surface area contributed by atoms with Crippen LogP contribution in [-0.2, 0) is 6.42 Å². The summed E-state index contributed by atoms with van der Waals surface area (Å²) in [6.07, 6.45) is 13.0. The Morgan fingerprint density at radius 1 is 0.926 bits per heavy atom. The molecule has 27 heavy (non-hydrogen) atoms. The van der Waals surface area contributed by atoms with Crippen LogP contribution in [0, 0.1) is 0 Å². The lowest BCUT2D eigenvalue weighted by Crippen LogP contribution is -2.05. The number of alkyl halides is 1. The number of ether oxygens (including phenoxy) is 1. The minimum atomic E-state index is 0.198. The van der Waals surface area contributed by atoms with E-state index in [1.54, 1.807) is 0 Å². The van der Waals surface area contributed by atoms with E-state index in [-0.39, 0.29) is 5.38 Å². The third-order valence-corrected chi connectivity index (χ3v) is 5.46. The zero-order valence-electron chi connectivity index (χ0n) is 16.9. The van der Waals surface area contributed by atoms with Crippen LogP contribution in [0.1, 0.15) is 70.8 Å². The highest BCUT2D eigenvalue weighted by Crippen LogP contribution is 2.22. The molecule has 3 heteroatoms. The van der Waals surface area contributed by atoms with Gasteiger partial charge in [0, 0.05) is 17.1 Å². The maximum absolute atomic E-state index is 6.12. The summed E-state index contributed by atoms with van der Waals surface area (Å²) in [6.45, 7) is 5.02. The van der Waals surface area contributed by atoms with Gasteiger partial charge in [0.15, 0.2) is 0 Å². The number of hydrogen-bond donors (Lipinski definition) is 0. The van der Waals surface area contributed by atoms with Gasteiger partial charge in [0.25, 0.3) is 0 Å². The first-order valence-electron chi connectivity index (χ1n) is 10.5. The van der Waals surface area contributed by atoms with Gasteiger partial charge in [-0.15, -0.1) is 11.6 Å². The number of aryl methyl sites for hydroxylation is 1. The van der Waals surface area contributed by atoms with Crippen LogP contribution < -0.4 is 4.74 Å². The Morgan fingerprint density at radius 3 is 2.33 bits per heavy atom. The lowest BCUT2D eigenvalue weighted by molar-refractivity contribution is 0.307. The van der Waals surface area contributed by atoms with Crippen LogP contribution in [0.5, 0.6) is 5.75 Å². The van der Waals surface area contributed by atoms with E-state index in [0.29, 0.717) is 6.61 Å². The monoisotopic (exact) mass is 387 g/mol. The zero-order valence-corrected chi connectivity index (χ0v) is 17.7. The van der Waals surface area contributed by atoms with Crippen LogP contribution in [0.2, 0.25) is 0 Å². The maximum atomic E-state index is 6.12. The molecule has 1 heterocycles. The van der Waals surface area contributed by atoms with Crippen molar-refractivity contribution in [2.45, 2.75) is 77.0 Å². The van der Waals surface area contributed by atoms with Crippen molar-refractivity contribution in [3.05, 3.63) is 48.2 Å². The molecule has 148 valence electrons. The Bertz CT molecular complexity index is 624. The summed E-state index contributed by atoms with van der Waals surface area (Å²) >= 11 is 6.12. The van der Waals surface area contributed by atoms with E-state index in [1.807, 2.05) is 18.3 Å². The number of unbranched alkanes of at least 4 members (excludes halogenated alkanes) is 5. The molecule has 0 saturated heterocycles. The van der Waals surface area contributed by atoms with Crippen molar-refractivity contribution >= 4 is 11.6 Å². The summed E-state index contributed by atoms with van der Waals surface area (Å²) in [5, 5.41) is 0.198. The fourth-order valence-electron chi connectivity index (χ4n) is 3.08. The van der Waals surface area contributed by atoms with Crippen LogP contribution in [0.25, 0.3) is 11.3 Å². The van der Waals surface area contributed by atoms with Gasteiger partial charge >= 0.3 is 0 Å². The Kier molecular flexibility index (Phi) is 10.3. The predicted molar refractivity (Wildman–Crippen MR) is 117 cm³/mol. The van der Waals surface area contributed by atoms with Gasteiger partial charge in [0.2, 0.25) is 0 Å². The standard InChI is InChI=1S/C24H34ClNO/c1-3-5-6-7-8-9-10-20-11-16-24(26-19-20)21-12-14-23(15-13-21)27-18-17-22(25)4-2/h11-16,19,22H,3-10,17-18H2,1-2H3. The van der Waals surface area contributed by atoms with Gasteiger partial charge in [-0.3, -0.25) is 4.98 Å². The van der Waals surface area contributed by atoms with Crippen molar-refractivity contribution in [3.8, 4) is 17.0 Å². The Morgan fingerprint density at radius 2 is 1.67 bits per heavy atom. The van der Waals surface area contributed by atoms with Gasteiger partial charge in [0.05, 0.1) is 12.3 Å². The van der Waals surface area contributed by atoms with Crippen molar-refractivity contribution in [3.63, 3.8) is 0 Å². The second-order valence-corrected chi connectivity index (χ2v) is 7.85. The molecule has 2 aromatic rings. The van der Waals surface area contributed by atoms with Gasteiger partial charge in [-0.25, -0.2) is 0 Å². The second-order valence-electron chi connectivity index (χ2n) is 7.24. The van der Waals surface area contributed by atoms with E-state index in [2.05, 4.69) is 43.1 Å². The van der Waals surface area contributed by atoms with Crippen LogP contribution >= 0.6 is 11.6 Å². The molecule has 0 radical (unpaired) electrons. The summed E-state index contributed by atoms with van der Waals surface area (Å²) in [4.78, 5) is 4.65. The third-order valence-electron chi connectivity index (χ3n) is 4.94. The molecule has 1 aromatic heterocycles. The normalized spacial score (nSPS) is 12.1. The predicted octanol–water partition coefficient (Wildman–Crippen LogP) is 7.44. The van der Waals surface area contributed by atoms with E-state index in [0.717, 1.165) is 36.3 Å². The van der Waals surface area contributed by atoms with Gasteiger partial charge in [-0.1, -0.05) is 52.0 Å². The first-order valence-corrected chi connectivity index (χ1v) is 11.0. The van der Waals surface area contributed by atoms with Gasteiger partial charge in [0.1, 0.15) is 5.75 Å². The number of rotatable bonds is 13. The van der Waals surface area contributed by atoms with Gasteiger partial charge in [-0.2, -0.15) is 0 Å². The molecule has 1 atom stereocenters. The van der Waals surface area contributed by atoms with E-state index in [9.17, 15) is 0 Å². The molecular formula is C24H34ClNO. The molecule has 0 spiro atoms. The summed E-state index contributed by atoms with van der Waals surface area (Å²) < 4.78 is 5.76. The molecule has 1 unspecified atom stereocenters. The largest absolute Gasteiger partial charge is 0.494 e. The molecular weight excluding hydrogens is 354 g/mol. The highest BCUT2D eigenvalue weighted by atomic mass is 35.5. The summed E-state index contributed by atoms with van der Waals surface area (Å²) in [5.74, 6) is 0.887. The number of halogens is 1. The lowest BCUT2D eigenvalue weighted by atomic mass is 10.1. The molecule has 0 amide bonds. The number of pyridine rings is 1.